The first-order chi connectivity index (χ1) is 5.18. The van der Waals surface area contributed by atoms with Crippen molar-refractivity contribution in [3.63, 3.8) is 0 Å². The second-order valence-corrected chi connectivity index (χ2v) is 2.36. The van der Waals surface area contributed by atoms with Crippen LogP contribution in [-0.4, -0.2) is 6.03 Å². The van der Waals surface area contributed by atoms with Gasteiger partial charge in [0.15, 0.2) is 0 Å². The molecule has 0 saturated carbocycles. The molecule has 1 aromatic carbocycles. The summed E-state index contributed by atoms with van der Waals surface area (Å²) in [6.07, 6.45) is 0. The Morgan fingerprint density at radius 2 is 2.36 bits per heavy atom. The van der Waals surface area contributed by atoms with Crippen LogP contribution in [0.3, 0.4) is 0 Å². The van der Waals surface area contributed by atoms with Crippen LogP contribution in [0, 0.1) is 6.92 Å². The number of carbonyl (C=O) groups is 1. The number of urea groups is 1. The molecule has 0 saturated heterocycles. The van der Waals surface area contributed by atoms with Crippen molar-refractivity contribution in [2.24, 2.45) is 5.73 Å². The van der Waals surface area contributed by atoms with Crippen LogP contribution in [-0.2, 0) is 0 Å². The molecule has 3 N–H and O–H groups in total. The lowest BCUT2D eigenvalue weighted by atomic mass is 10.2. The Hall–Kier alpha value is -1.51. The van der Waals surface area contributed by atoms with Gasteiger partial charge in [0.2, 0.25) is 0 Å². The van der Waals surface area contributed by atoms with E-state index < -0.39 is 6.03 Å². The number of rotatable bonds is 1. The average molecular weight is 154 g/mol. The van der Waals surface area contributed by atoms with Gasteiger partial charge in [-0.2, -0.15) is 0 Å². The fourth-order valence-corrected chi connectivity index (χ4v) is 0.865. The molecule has 0 spiro atoms. The number of amides is 2. The molecule has 0 unspecified atom stereocenters. The third kappa shape index (κ3) is 2.29. The van der Waals surface area contributed by atoms with E-state index in [9.17, 15) is 4.79 Å². The molecule has 62 valence electrons. The maximum Gasteiger partial charge on any atom is 0.316 e. The van der Waals surface area contributed by atoms with Gasteiger partial charge in [0.05, 0.1) is 0 Å². The largest absolute Gasteiger partial charge is 0.351 e. The van der Waals surface area contributed by atoms with Crippen LogP contribution in [0.25, 0.3) is 0 Å². The summed E-state index contributed by atoms with van der Waals surface area (Å²) < 4.78 is 0. The van der Waals surface area contributed by atoms with E-state index in [1.165, 1.54) is 0 Å². The van der Waals surface area contributed by atoms with E-state index in [0.717, 1.165) is 11.3 Å². The fourth-order valence-electron chi connectivity index (χ4n) is 0.865. The predicted octanol–water partition coefficient (Wildman–Crippen LogP) is 1.98. The van der Waals surface area contributed by atoms with Gasteiger partial charge < -0.3 is 11.1 Å². The molecule has 0 aromatic heterocycles. The highest BCUT2D eigenvalue weighted by Crippen LogP contribution is 2.08. The van der Waals surface area contributed by atoms with Crippen molar-refractivity contribution in [2.75, 3.05) is 5.32 Å². The van der Waals surface area contributed by atoms with Crippen LogP contribution in [0.15, 0.2) is 24.3 Å². The molecule has 3 nitrogen and oxygen atoms in total. The zero-order valence-electron chi connectivity index (χ0n) is 6.29. The Labute approximate surface area is 68.2 Å². The molecule has 0 fully saturated rings. The smallest absolute Gasteiger partial charge is 0.316 e. The van der Waals surface area contributed by atoms with Gasteiger partial charge in [0.25, 0.3) is 0 Å². The maximum absolute atomic E-state index is 10.4. The van der Waals surface area contributed by atoms with Crippen molar-refractivity contribution >= 4 is 11.7 Å². The molecule has 3 heteroatoms. The molecule has 0 bridgehead atoms. The van der Waals surface area contributed by atoms with Crippen LogP contribution >= 0.6 is 0 Å². The number of hydrogen-bond donors (Lipinski definition) is 2. The highest BCUT2D eigenvalue weighted by Gasteiger charge is 1.93. The standard InChI is InChI=1S/C8H10N2O.2H2/c1-6-3-2-4-7(5-6)10-8(9)11;;/h2-5H,1H3,(H3,9,10,11);2*1H. The molecule has 0 aliphatic carbocycles. The quantitative estimate of drug-likeness (QED) is 0.638. The highest BCUT2D eigenvalue weighted by atomic mass is 16.2. The van der Waals surface area contributed by atoms with Crippen molar-refractivity contribution in [3.05, 3.63) is 29.8 Å². The van der Waals surface area contributed by atoms with E-state index in [1.807, 2.05) is 25.1 Å². The van der Waals surface area contributed by atoms with Gasteiger partial charge in [0.1, 0.15) is 0 Å². The van der Waals surface area contributed by atoms with Crippen LogP contribution in [0.2, 0.25) is 0 Å². The summed E-state index contributed by atoms with van der Waals surface area (Å²) in [5.74, 6) is 0. The zero-order chi connectivity index (χ0) is 8.27. The third-order valence-corrected chi connectivity index (χ3v) is 1.29. The van der Waals surface area contributed by atoms with Gasteiger partial charge in [-0.15, -0.1) is 0 Å². The van der Waals surface area contributed by atoms with Crippen LogP contribution in [0.5, 0.6) is 0 Å². The maximum atomic E-state index is 10.4. The summed E-state index contributed by atoms with van der Waals surface area (Å²) in [4.78, 5) is 10.4. The van der Waals surface area contributed by atoms with Crippen molar-refractivity contribution in [1.29, 1.82) is 0 Å². The number of carbonyl (C=O) groups excluding carboxylic acids is 1. The molecule has 0 radical (unpaired) electrons. The number of aryl methyl sites for hydroxylation is 1. The van der Waals surface area contributed by atoms with Crippen molar-refractivity contribution in [2.45, 2.75) is 6.92 Å². The summed E-state index contributed by atoms with van der Waals surface area (Å²) in [7, 11) is 0. The van der Waals surface area contributed by atoms with Crippen molar-refractivity contribution in [3.8, 4) is 0 Å². The number of nitrogens with one attached hydrogen (secondary N) is 1. The van der Waals surface area contributed by atoms with E-state index in [2.05, 4.69) is 5.32 Å². The Balaban J connectivity index is 0. The molecule has 0 atom stereocenters. The molecule has 0 aliphatic heterocycles. The van der Waals surface area contributed by atoms with E-state index in [1.54, 1.807) is 6.07 Å². The lowest BCUT2D eigenvalue weighted by Gasteiger charge is -2.00. The lowest BCUT2D eigenvalue weighted by molar-refractivity contribution is 0.259. The molecule has 1 rings (SSSR count). The number of nitrogens with two attached hydrogens (primary N) is 1. The Kier molecular flexibility index (Phi) is 2.11. The van der Waals surface area contributed by atoms with Crippen molar-refractivity contribution < 1.29 is 7.65 Å². The summed E-state index contributed by atoms with van der Waals surface area (Å²) in [6, 6.07) is 6.92. The average Bonchev–Trinajstić information content (AvgIpc) is 1.85. The normalized spacial score (nSPS) is 9.18. The number of primary amides is 1. The summed E-state index contributed by atoms with van der Waals surface area (Å²) in [5.41, 5.74) is 6.75. The van der Waals surface area contributed by atoms with Gasteiger partial charge in [-0.25, -0.2) is 4.79 Å². The monoisotopic (exact) mass is 154 g/mol. The Morgan fingerprint density at radius 3 is 2.91 bits per heavy atom. The second-order valence-electron chi connectivity index (χ2n) is 2.36. The minimum absolute atomic E-state index is 0. The first-order valence-electron chi connectivity index (χ1n) is 3.31. The van der Waals surface area contributed by atoms with Gasteiger partial charge in [-0.05, 0) is 24.6 Å². The molecule has 0 aliphatic rings. The Morgan fingerprint density at radius 1 is 1.64 bits per heavy atom. The van der Waals surface area contributed by atoms with Gasteiger partial charge >= 0.3 is 6.03 Å². The van der Waals surface area contributed by atoms with Gasteiger partial charge in [0, 0.05) is 8.54 Å². The summed E-state index contributed by atoms with van der Waals surface area (Å²) in [6.45, 7) is 1.95. The Bertz CT molecular complexity index is 279. The second kappa shape index (κ2) is 3.05. The first kappa shape index (κ1) is 7.60. The minimum atomic E-state index is -0.532. The highest BCUT2D eigenvalue weighted by molar-refractivity contribution is 5.87. The SMILES string of the molecule is Cc1cccc(NC(N)=O)c1.[HH].[HH]. The molecule has 2 amide bonds. The summed E-state index contributed by atoms with van der Waals surface area (Å²) in [5, 5.41) is 2.48. The molecule has 11 heavy (non-hydrogen) atoms. The van der Waals surface area contributed by atoms with E-state index in [4.69, 9.17) is 5.73 Å². The van der Waals surface area contributed by atoms with Gasteiger partial charge in [-0.1, -0.05) is 12.1 Å². The molecule has 0 heterocycles. The number of hydrogen-bond acceptors (Lipinski definition) is 1. The van der Waals surface area contributed by atoms with Crippen LogP contribution < -0.4 is 11.1 Å². The van der Waals surface area contributed by atoms with Gasteiger partial charge in [-0.3, -0.25) is 0 Å². The van der Waals surface area contributed by atoms with E-state index in [0.29, 0.717) is 0 Å². The first-order valence-corrected chi connectivity index (χ1v) is 3.31. The van der Waals surface area contributed by atoms with E-state index in [-0.39, 0.29) is 2.85 Å². The van der Waals surface area contributed by atoms with Crippen molar-refractivity contribution in [1.82, 2.24) is 0 Å². The minimum Gasteiger partial charge on any atom is -0.351 e. The number of anilines is 1. The molecular weight excluding hydrogens is 140 g/mol. The molecule has 1 aromatic rings. The van der Waals surface area contributed by atoms with Crippen LogP contribution in [0.1, 0.15) is 8.42 Å². The zero-order valence-corrected chi connectivity index (χ0v) is 6.29. The lowest BCUT2D eigenvalue weighted by Crippen LogP contribution is -2.19. The molecular formula is C8H14N2O. The topological polar surface area (TPSA) is 55.1 Å². The fraction of sp³-hybridized carbons (Fsp3) is 0.125. The van der Waals surface area contributed by atoms with Crippen LogP contribution in [0.4, 0.5) is 10.5 Å². The van der Waals surface area contributed by atoms with E-state index >= 15 is 0 Å². The number of benzene rings is 1. The third-order valence-electron chi connectivity index (χ3n) is 1.29. The predicted molar refractivity (Wildman–Crippen MR) is 48.6 cm³/mol. The summed E-state index contributed by atoms with van der Waals surface area (Å²) >= 11 is 0.